The molecule has 3 N–H and O–H groups in total. The van der Waals surface area contributed by atoms with Crippen LogP contribution in [0.5, 0.6) is 0 Å². The predicted molar refractivity (Wildman–Crippen MR) is 398 cm³/mol. The van der Waals surface area contributed by atoms with Crippen LogP contribution in [0.25, 0.3) is 0 Å². The minimum Gasteiger partial charge on any atom is -0.466 e. The van der Waals surface area contributed by atoms with Crippen molar-refractivity contribution in [3.05, 3.63) is 24.3 Å². The van der Waals surface area contributed by atoms with Gasteiger partial charge in [-0.2, -0.15) is 0 Å². The van der Waals surface area contributed by atoms with Gasteiger partial charge in [0, 0.05) is 12.8 Å². The van der Waals surface area contributed by atoms with E-state index in [2.05, 4.69) is 43.5 Å². The lowest BCUT2D eigenvalue weighted by molar-refractivity contribution is -0.143. The van der Waals surface area contributed by atoms with Crippen LogP contribution in [0, 0.1) is 0 Å². The molecule has 6 heteroatoms. The van der Waals surface area contributed by atoms with E-state index in [9.17, 15) is 19.8 Å². The molecule has 0 saturated heterocycles. The monoisotopic (exact) mass is 1270 g/mol. The molecule has 1 amide bonds. The van der Waals surface area contributed by atoms with Gasteiger partial charge < -0.3 is 20.3 Å². The van der Waals surface area contributed by atoms with E-state index in [1.165, 1.54) is 392 Å². The highest BCUT2D eigenvalue weighted by atomic mass is 16.5. The Bertz CT molecular complexity index is 1410. The van der Waals surface area contributed by atoms with Crippen LogP contribution in [0.1, 0.15) is 476 Å². The van der Waals surface area contributed by atoms with Gasteiger partial charge in [0.1, 0.15) is 0 Å². The molecule has 0 aliphatic carbocycles. The average molecular weight is 1270 g/mol. The fourth-order valence-electron chi connectivity index (χ4n) is 13.4. The van der Waals surface area contributed by atoms with E-state index in [0.717, 1.165) is 51.4 Å². The molecule has 534 valence electrons. The Hall–Kier alpha value is -1.66. The van der Waals surface area contributed by atoms with Crippen molar-refractivity contribution < 1.29 is 24.5 Å². The molecule has 0 aliphatic heterocycles. The summed E-state index contributed by atoms with van der Waals surface area (Å²) in [5, 5.41) is 23.5. The number of aliphatic hydroxyl groups excluding tert-OH is 2. The first kappa shape index (κ1) is 88.3. The zero-order chi connectivity index (χ0) is 64.9. The quantitative estimate of drug-likeness (QED) is 0.0320. The highest BCUT2D eigenvalue weighted by Crippen LogP contribution is 2.21. The van der Waals surface area contributed by atoms with Crippen LogP contribution in [0.15, 0.2) is 24.3 Å². The van der Waals surface area contributed by atoms with E-state index < -0.39 is 12.1 Å². The van der Waals surface area contributed by atoms with Gasteiger partial charge in [0.2, 0.25) is 5.91 Å². The number of aliphatic hydroxyl groups is 2. The van der Waals surface area contributed by atoms with Gasteiger partial charge in [-0.1, -0.05) is 430 Å². The first-order chi connectivity index (χ1) is 44.5. The smallest absolute Gasteiger partial charge is 0.305 e. The van der Waals surface area contributed by atoms with E-state index in [1.54, 1.807) is 0 Å². The maximum Gasteiger partial charge on any atom is 0.305 e. The Morgan fingerprint density at radius 2 is 0.556 bits per heavy atom. The zero-order valence-electron chi connectivity index (χ0n) is 61.4. The number of esters is 1. The van der Waals surface area contributed by atoms with Crippen molar-refractivity contribution in [3.8, 4) is 0 Å². The molecule has 0 aromatic carbocycles. The molecule has 2 unspecified atom stereocenters. The zero-order valence-corrected chi connectivity index (χ0v) is 61.4. The number of rotatable bonds is 79. The number of carbonyl (C=O) groups is 2. The first-order valence-corrected chi connectivity index (χ1v) is 41.6. The van der Waals surface area contributed by atoms with Crippen molar-refractivity contribution in [2.24, 2.45) is 0 Å². The second kappa shape index (κ2) is 79.8. The number of hydrogen-bond acceptors (Lipinski definition) is 5. The number of unbranched alkanes of at least 4 members (excludes halogenated alkanes) is 64. The van der Waals surface area contributed by atoms with E-state index in [0.29, 0.717) is 25.9 Å². The minimum absolute atomic E-state index is 0.0103. The molecule has 0 rings (SSSR count). The molecule has 0 heterocycles. The molecule has 0 bridgehead atoms. The van der Waals surface area contributed by atoms with Crippen LogP contribution in [-0.4, -0.2) is 47.4 Å². The average Bonchev–Trinajstić information content (AvgIpc) is 3.68. The maximum atomic E-state index is 12.6. The molecule has 0 fully saturated rings. The summed E-state index contributed by atoms with van der Waals surface area (Å²) < 4.78 is 5.50. The summed E-state index contributed by atoms with van der Waals surface area (Å²) in [6, 6.07) is -0.538. The van der Waals surface area contributed by atoms with Crippen molar-refractivity contribution in [2.45, 2.75) is 488 Å². The lowest BCUT2D eigenvalue weighted by atomic mass is 10.0. The molecule has 0 aromatic heterocycles. The number of ether oxygens (including phenoxy) is 1. The maximum absolute atomic E-state index is 12.6. The van der Waals surface area contributed by atoms with Gasteiger partial charge in [-0.25, -0.2) is 0 Å². The summed E-state index contributed by atoms with van der Waals surface area (Å²) in [5.74, 6) is -0.0134. The van der Waals surface area contributed by atoms with Crippen LogP contribution >= 0.6 is 0 Å². The summed E-state index contributed by atoms with van der Waals surface area (Å²) in [4.78, 5) is 24.7. The van der Waals surface area contributed by atoms with Crippen molar-refractivity contribution in [2.75, 3.05) is 13.2 Å². The van der Waals surface area contributed by atoms with Crippen LogP contribution in [0.2, 0.25) is 0 Å². The molecule has 0 aliphatic rings. The molecular formula is C84H163NO5. The molecule has 0 radical (unpaired) electrons. The Kier molecular flexibility index (Phi) is 78.3. The lowest BCUT2D eigenvalue weighted by Crippen LogP contribution is -2.45. The standard InChI is InChI=1S/C84H163NO5/c1-3-5-7-9-11-13-15-17-19-20-21-39-42-45-49-52-56-60-64-68-72-76-82(87)81(80-86)85-83(88)77-73-69-65-61-57-53-50-46-43-40-37-35-33-31-29-27-25-23-22-24-26-28-30-32-34-36-38-41-44-47-51-55-59-63-67-71-75-79-90-84(89)78-74-70-66-62-58-54-48-18-16-14-12-10-8-6-4-2/h12,14,18,48,81-82,86-87H,3-11,13,15-17,19-47,49-80H2,1-2H3,(H,85,88)/b14-12-,48-18-. The Morgan fingerprint density at radius 3 is 0.867 bits per heavy atom. The summed E-state index contributed by atoms with van der Waals surface area (Å²) in [5.41, 5.74) is 0. The molecule has 2 atom stereocenters. The van der Waals surface area contributed by atoms with Gasteiger partial charge in [0.05, 0.1) is 25.4 Å². The van der Waals surface area contributed by atoms with Crippen LogP contribution in [0.3, 0.4) is 0 Å². The highest BCUT2D eigenvalue weighted by molar-refractivity contribution is 5.76. The van der Waals surface area contributed by atoms with E-state index >= 15 is 0 Å². The van der Waals surface area contributed by atoms with Gasteiger partial charge in [-0.3, -0.25) is 9.59 Å². The van der Waals surface area contributed by atoms with Crippen molar-refractivity contribution >= 4 is 11.9 Å². The van der Waals surface area contributed by atoms with E-state index in [-0.39, 0.29) is 18.5 Å². The molecule has 0 aromatic rings. The molecular weight excluding hydrogens is 1100 g/mol. The molecule has 0 spiro atoms. The fraction of sp³-hybridized carbons (Fsp3) is 0.929. The lowest BCUT2D eigenvalue weighted by Gasteiger charge is -2.22. The Morgan fingerprint density at radius 1 is 0.311 bits per heavy atom. The third-order valence-corrected chi connectivity index (χ3v) is 19.8. The van der Waals surface area contributed by atoms with Crippen molar-refractivity contribution in [3.63, 3.8) is 0 Å². The summed E-state index contributed by atoms with van der Waals surface area (Å²) in [6.45, 7) is 4.98. The second-order valence-corrected chi connectivity index (χ2v) is 28.8. The van der Waals surface area contributed by atoms with Crippen molar-refractivity contribution in [1.82, 2.24) is 5.32 Å². The molecule has 90 heavy (non-hydrogen) atoms. The first-order valence-electron chi connectivity index (χ1n) is 41.6. The van der Waals surface area contributed by atoms with E-state index in [1.807, 2.05) is 0 Å². The second-order valence-electron chi connectivity index (χ2n) is 28.8. The number of nitrogens with one attached hydrogen (secondary N) is 1. The number of carbonyl (C=O) groups excluding carboxylic acids is 2. The number of amides is 1. The SMILES string of the molecule is CCCCC/C=C\C/C=C\CCCCCCCC(=O)OCCCCCCCCCCCCCCCCCCCCCCCCCCCCCCCCCCCCCCCC(=O)NC(CO)C(O)CCCCCCCCCCCCCCCCCCCCCCC. The van der Waals surface area contributed by atoms with Gasteiger partial charge in [0.15, 0.2) is 0 Å². The van der Waals surface area contributed by atoms with Gasteiger partial charge in [-0.05, 0) is 57.8 Å². The van der Waals surface area contributed by atoms with Gasteiger partial charge >= 0.3 is 5.97 Å². The van der Waals surface area contributed by atoms with Crippen LogP contribution in [-0.2, 0) is 14.3 Å². The normalized spacial score (nSPS) is 12.5. The topological polar surface area (TPSA) is 95.9 Å². The summed E-state index contributed by atoms with van der Waals surface area (Å²) >= 11 is 0. The molecule has 6 nitrogen and oxygen atoms in total. The Balaban J connectivity index is 3.31. The number of hydrogen-bond donors (Lipinski definition) is 3. The third-order valence-electron chi connectivity index (χ3n) is 19.8. The summed E-state index contributed by atoms with van der Waals surface area (Å²) in [7, 11) is 0. The summed E-state index contributed by atoms with van der Waals surface area (Å²) in [6.07, 6.45) is 103. The van der Waals surface area contributed by atoms with Crippen molar-refractivity contribution in [1.29, 1.82) is 0 Å². The van der Waals surface area contributed by atoms with Gasteiger partial charge in [0.25, 0.3) is 0 Å². The molecule has 0 saturated carbocycles. The van der Waals surface area contributed by atoms with Crippen LogP contribution in [0.4, 0.5) is 0 Å². The highest BCUT2D eigenvalue weighted by Gasteiger charge is 2.20. The van der Waals surface area contributed by atoms with E-state index in [4.69, 9.17) is 4.74 Å². The largest absolute Gasteiger partial charge is 0.466 e. The third kappa shape index (κ3) is 75.4. The van der Waals surface area contributed by atoms with Gasteiger partial charge in [-0.15, -0.1) is 0 Å². The minimum atomic E-state index is -0.661. The number of allylic oxidation sites excluding steroid dienone is 4. The van der Waals surface area contributed by atoms with Crippen LogP contribution < -0.4 is 5.32 Å². The Labute approximate surface area is 564 Å². The predicted octanol–water partition coefficient (Wildman–Crippen LogP) is 27.6. The fourth-order valence-corrected chi connectivity index (χ4v) is 13.4.